The van der Waals surface area contributed by atoms with Gasteiger partial charge in [-0.1, -0.05) is 29.5 Å². The minimum atomic E-state index is -1.08. The summed E-state index contributed by atoms with van der Waals surface area (Å²) in [4.78, 5) is 25.7. The number of aryl methyl sites for hydroxylation is 1. The Bertz CT molecular complexity index is 1300. The number of hydrogen-bond donors (Lipinski definition) is 1. The molecule has 0 aliphatic heterocycles. The molecule has 30 heavy (non-hydrogen) atoms. The number of hydrogen-bond acceptors (Lipinski definition) is 5. The summed E-state index contributed by atoms with van der Waals surface area (Å²) in [5, 5.41) is 11.4. The van der Waals surface area contributed by atoms with Gasteiger partial charge < -0.3 is 5.32 Å². The molecule has 0 fully saturated rings. The number of fused-ring (bicyclic) bond motifs is 1. The summed E-state index contributed by atoms with van der Waals surface area (Å²) in [5.74, 6) is -2.71. The Morgan fingerprint density at radius 1 is 1.03 bits per heavy atom. The minimum absolute atomic E-state index is 0.0747. The van der Waals surface area contributed by atoms with Gasteiger partial charge in [0.15, 0.2) is 17.3 Å². The van der Waals surface area contributed by atoms with E-state index in [4.69, 9.17) is 0 Å². The van der Waals surface area contributed by atoms with Gasteiger partial charge in [-0.05, 0) is 43.3 Å². The number of nitrogens with one attached hydrogen (secondary N) is 1. The highest BCUT2D eigenvalue weighted by atomic mass is 32.2. The van der Waals surface area contributed by atoms with Crippen molar-refractivity contribution in [2.45, 2.75) is 23.4 Å². The smallest absolute Gasteiger partial charge is 0.324 e. The lowest BCUT2D eigenvalue weighted by Crippen LogP contribution is -2.28. The van der Waals surface area contributed by atoms with E-state index in [0.29, 0.717) is 5.03 Å². The summed E-state index contributed by atoms with van der Waals surface area (Å²) in [6.07, 6.45) is 0. The second-order valence-electron chi connectivity index (χ2n) is 6.47. The van der Waals surface area contributed by atoms with E-state index in [9.17, 15) is 18.4 Å². The van der Waals surface area contributed by atoms with Crippen LogP contribution >= 0.6 is 11.8 Å². The van der Waals surface area contributed by atoms with E-state index in [-0.39, 0.29) is 11.3 Å². The molecule has 4 aromatic rings. The molecule has 0 spiro atoms. The second kappa shape index (κ2) is 8.07. The van der Waals surface area contributed by atoms with Crippen molar-refractivity contribution < 1.29 is 13.6 Å². The normalized spacial score (nSPS) is 11.0. The molecule has 0 unspecified atom stereocenters. The molecule has 7 nitrogen and oxygen atoms in total. The van der Waals surface area contributed by atoms with Crippen LogP contribution in [0.15, 0.2) is 69.3 Å². The average molecular weight is 427 g/mol. The van der Waals surface area contributed by atoms with Crippen molar-refractivity contribution in [1.82, 2.24) is 19.4 Å². The Morgan fingerprint density at radius 3 is 2.53 bits per heavy atom. The van der Waals surface area contributed by atoms with Gasteiger partial charge in [0.25, 0.3) is 0 Å². The predicted octanol–water partition coefficient (Wildman–Crippen LogP) is 3.27. The Balaban J connectivity index is 1.52. The first-order chi connectivity index (χ1) is 14.4. The fourth-order valence-electron chi connectivity index (χ4n) is 2.69. The van der Waals surface area contributed by atoms with Gasteiger partial charge in [0, 0.05) is 16.6 Å². The number of benzene rings is 2. The Labute approximate surface area is 173 Å². The third-order valence-corrected chi connectivity index (χ3v) is 5.09. The van der Waals surface area contributed by atoms with Gasteiger partial charge in [-0.3, -0.25) is 4.79 Å². The molecule has 4 rings (SSSR count). The first kappa shape index (κ1) is 19.8. The fraction of sp³-hybridized carbons (Fsp3) is 0.100. The van der Waals surface area contributed by atoms with Crippen LogP contribution in [0, 0.1) is 18.6 Å². The van der Waals surface area contributed by atoms with Gasteiger partial charge >= 0.3 is 5.69 Å². The van der Waals surface area contributed by atoms with Gasteiger partial charge in [0.05, 0.1) is 0 Å². The maximum absolute atomic E-state index is 13.3. The zero-order chi connectivity index (χ0) is 21.3. The number of carbonyl (C=O) groups is 1. The summed E-state index contributed by atoms with van der Waals surface area (Å²) in [7, 11) is 0. The predicted molar refractivity (Wildman–Crippen MR) is 108 cm³/mol. The molecular weight excluding hydrogens is 412 g/mol. The minimum Gasteiger partial charge on any atom is -0.324 e. The molecule has 1 N–H and O–H groups in total. The van der Waals surface area contributed by atoms with E-state index in [1.54, 1.807) is 12.1 Å². The highest BCUT2D eigenvalue weighted by molar-refractivity contribution is 7.99. The maximum atomic E-state index is 13.3. The van der Waals surface area contributed by atoms with Gasteiger partial charge in [0.1, 0.15) is 11.6 Å². The maximum Gasteiger partial charge on any atom is 0.367 e. The Morgan fingerprint density at radius 2 is 1.80 bits per heavy atom. The number of aromatic nitrogens is 4. The molecule has 0 atom stereocenters. The number of carbonyl (C=O) groups excluding carboxylic acids is 1. The molecule has 0 saturated carbocycles. The quantitative estimate of drug-likeness (QED) is 0.529. The summed E-state index contributed by atoms with van der Waals surface area (Å²) in [6, 6.07) is 14.2. The molecule has 0 aliphatic carbocycles. The van der Waals surface area contributed by atoms with Crippen LogP contribution in [0.25, 0.3) is 5.65 Å². The zero-order valence-corrected chi connectivity index (χ0v) is 16.5. The lowest BCUT2D eigenvalue weighted by atomic mass is 10.2. The fourth-order valence-corrected chi connectivity index (χ4v) is 3.46. The molecule has 2 aromatic carbocycles. The summed E-state index contributed by atoms with van der Waals surface area (Å²) in [5.41, 5.74) is 0.915. The number of amides is 1. The van der Waals surface area contributed by atoms with Crippen molar-refractivity contribution in [3.05, 3.63) is 82.3 Å². The van der Waals surface area contributed by atoms with Crippen molar-refractivity contribution in [2.24, 2.45) is 0 Å². The first-order valence-corrected chi connectivity index (χ1v) is 9.67. The largest absolute Gasteiger partial charge is 0.367 e. The van der Waals surface area contributed by atoms with Crippen molar-refractivity contribution in [3.63, 3.8) is 0 Å². The van der Waals surface area contributed by atoms with E-state index in [1.807, 2.05) is 31.2 Å². The van der Waals surface area contributed by atoms with Crippen LogP contribution in [0.2, 0.25) is 0 Å². The molecule has 1 amide bonds. The number of anilines is 1. The molecule has 2 aromatic heterocycles. The van der Waals surface area contributed by atoms with Crippen molar-refractivity contribution in [3.8, 4) is 0 Å². The van der Waals surface area contributed by atoms with Gasteiger partial charge in [-0.15, -0.1) is 5.10 Å². The van der Waals surface area contributed by atoms with E-state index >= 15 is 0 Å². The third-order valence-electron chi connectivity index (χ3n) is 4.16. The van der Waals surface area contributed by atoms with E-state index in [1.165, 1.54) is 17.8 Å². The summed E-state index contributed by atoms with van der Waals surface area (Å²) < 4.78 is 28.3. The molecule has 0 radical (unpaired) electrons. The topological polar surface area (TPSA) is 81.3 Å². The molecule has 10 heteroatoms. The highest BCUT2D eigenvalue weighted by Gasteiger charge is 2.13. The van der Waals surface area contributed by atoms with Crippen LogP contribution in [0.4, 0.5) is 14.5 Å². The second-order valence-corrected chi connectivity index (χ2v) is 7.57. The third kappa shape index (κ3) is 4.23. The van der Waals surface area contributed by atoms with Crippen molar-refractivity contribution >= 4 is 29.0 Å². The zero-order valence-electron chi connectivity index (χ0n) is 15.7. The number of halogens is 2. The Kier molecular flexibility index (Phi) is 5.32. The molecule has 2 heterocycles. The van der Waals surface area contributed by atoms with Crippen LogP contribution < -0.4 is 11.0 Å². The van der Waals surface area contributed by atoms with Crippen LogP contribution in [-0.2, 0) is 11.3 Å². The monoisotopic (exact) mass is 427 g/mol. The van der Waals surface area contributed by atoms with Gasteiger partial charge in [-0.2, -0.15) is 9.61 Å². The first-order valence-electron chi connectivity index (χ1n) is 8.85. The molecular formula is C20H15F2N5O2S. The highest BCUT2D eigenvalue weighted by Crippen LogP contribution is 2.25. The van der Waals surface area contributed by atoms with Crippen LogP contribution in [0.5, 0.6) is 0 Å². The van der Waals surface area contributed by atoms with Gasteiger partial charge in [0.2, 0.25) is 5.91 Å². The van der Waals surface area contributed by atoms with Crippen LogP contribution in [0.3, 0.4) is 0 Å². The van der Waals surface area contributed by atoms with E-state index in [0.717, 1.165) is 31.8 Å². The standard InChI is InChI=1S/C20H15F2N5O2S/c1-12-2-5-14(6-3-12)30-19-9-8-17-24-26(20(29)27(17)25-19)11-18(28)23-13-4-7-15(21)16(22)10-13/h2-10H,11H2,1H3,(H,23,28). The lowest BCUT2D eigenvalue weighted by molar-refractivity contribution is -0.117. The molecule has 0 bridgehead atoms. The SMILES string of the molecule is Cc1ccc(Sc2ccc3nn(CC(=O)Nc4ccc(F)c(F)c4)c(=O)n3n2)cc1. The molecule has 152 valence electrons. The van der Waals surface area contributed by atoms with Crippen LogP contribution in [-0.4, -0.2) is 25.3 Å². The molecule has 0 saturated heterocycles. The van der Waals surface area contributed by atoms with E-state index in [2.05, 4.69) is 15.5 Å². The van der Waals surface area contributed by atoms with Crippen molar-refractivity contribution in [1.29, 1.82) is 0 Å². The Hall–Kier alpha value is -3.53. The lowest BCUT2D eigenvalue weighted by Gasteiger charge is -2.04. The summed E-state index contributed by atoms with van der Waals surface area (Å²) in [6.45, 7) is 1.59. The summed E-state index contributed by atoms with van der Waals surface area (Å²) >= 11 is 1.39. The van der Waals surface area contributed by atoms with Crippen molar-refractivity contribution in [2.75, 3.05) is 5.32 Å². The van der Waals surface area contributed by atoms with Crippen LogP contribution in [0.1, 0.15) is 5.56 Å². The van der Waals surface area contributed by atoms with Gasteiger partial charge in [-0.25, -0.2) is 18.3 Å². The number of rotatable bonds is 5. The van der Waals surface area contributed by atoms with E-state index < -0.39 is 29.8 Å². The average Bonchev–Trinajstić information content (AvgIpc) is 3.02. The molecule has 0 aliphatic rings. The number of nitrogens with zero attached hydrogens (tertiary/aromatic N) is 4.